The van der Waals surface area contributed by atoms with Crippen molar-refractivity contribution in [3.63, 3.8) is 0 Å². The number of phenolic OH excluding ortho intramolecular Hbond substituents is 1. The molecule has 1 aromatic rings. The molecule has 1 atom stereocenters. The van der Waals surface area contributed by atoms with Crippen molar-refractivity contribution in [1.29, 1.82) is 0 Å². The number of rotatable bonds is 3. The highest BCUT2D eigenvalue weighted by molar-refractivity contribution is 5.29. The summed E-state index contributed by atoms with van der Waals surface area (Å²) in [6.07, 6.45) is 2.17. The molecule has 2 N–H and O–H groups in total. The van der Waals surface area contributed by atoms with Gasteiger partial charge in [-0.05, 0) is 31.0 Å². The molecule has 0 heterocycles. The lowest BCUT2D eigenvalue weighted by Crippen LogP contribution is -2.19. The molecule has 0 bridgehead atoms. The quantitative estimate of drug-likeness (QED) is 0.696. The van der Waals surface area contributed by atoms with Crippen molar-refractivity contribution in [2.45, 2.75) is 18.9 Å². The maximum Gasteiger partial charge on any atom is 0.115 e. The topological polar surface area (TPSA) is 40.5 Å². The van der Waals surface area contributed by atoms with E-state index < -0.39 is 5.60 Å². The minimum Gasteiger partial charge on any atom is -0.508 e. The molecule has 1 aromatic carbocycles. The molecule has 0 spiro atoms. The predicted octanol–water partition coefficient (Wildman–Crippen LogP) is 2.18. The van der Waals surface area contributed by atoms with E-state index in [1.165, 1.54) is 0 Å². The Morgan fingerprint density at radius 1 is 1.38 bits per heavy atom. The highest BCUT2D eigenvalue weighted by atomic mass is 16.3. The zero-order valence-corrected chi connectivity index (χ0v) is 7.70. The summed E-state index contributed by atoms with van der Waals surface area (Å²) in [5.74, 6) is 0.207. The SMILES string of the molecule is C=CC[C@](C)(O)c1ccc(O)cc1. The largest absolute Gasteiger partial charge is 0.508 e. The zero-order chi connectivity index (χ0) is 9.90. The summed E-state index contributed by atoms with van der Waals surface area (Å²) < 4.78 is 0. The lowest BCUT2D eigenvalue weighted by atomic mass is 9.93. The summed E-state index contributed by atoms with van der Waals surface area (Å²) in [6.45, 7) is 5.30. The van der Waals surface area contributed by atoms with Crippen molar-refractivity contribution >= 4 is 0 Å². The Morgan fingerprint density at radius 3 is 2.38 bits per heavy atom. The monoisotopic (exact) mass is 178 g/mol. The van der Waals surface area contributed by atoms with E-state index in [0.717, 1.165) is 5.56 Å². The van der Waals surface area contributed by atoms with Gasteiger partial charge in [0.2, 0.25) is 0 Å². The maximum atomic E-state index is 9.92. The first-order valence-electron chi connectivity index (χ1n) is 4.19. The smallest absolute Gasteiger partial charge is 0.115 e. The zero-order valence-electron chi connectivity index (χ0n) is 7.70. The first-order valence-corrected chi connectivity index (χ1v) is 4.19. The molecule has 0 saturated heterocycles. The lowest BCUT2D eigenvalue weighted by molar-refractivity contribution is 0.0606. The van der Waals surface area contributed by atoms with Crippen LogP contribution in [-0.4, -0.2) is 10.2 Å². The van der Waals surface area contributed by atoms with Crippen LogP contribution >= 0.6 is 0 Å². The number of aliphatic hydroxyl groups is 1. The Hall–Kier alpha value is -1.28. The Kier molecular flexibility index (Phi) is 2.73. The van der Waals surface area contributed by atoms with Gasteiger partial charge in [0.05, 0.1) is 5.60 Å². The first kappa shape index (κ1) is 9.81. The fraction of sp³-hybridized carbons (Fsp3) is 0.273. The van der Waals surface area contributed by atoms with Crippen LogP contribution in [0.2, 0.25) is 0 Å². The highest BCUT2D eigenvalue weighted by Gasteiger charge is 2.20. The second kappa shape index (κ2) is 3.62. The Bertz CT molecular complexity index is 285. The summed E-state index contributed by atoms with van der Waals surface area (Å²) in [5, 5.41) is 19.0. The number of phenols is 1. The molecular weight excluding hydrogens is 164 g/mol. The third-order valence-electron chi connectivity index (χ3n) is 2.03. The van der Waals surface area contributed by atoms with Crippen LogP contribution in [0, 0.1) is 0 Å². The van der Waals surface area contributed by atoms with Crippen molar-refractivity contribution in [3.05, 3.63) is 42.5 Å². The van der Waals surface area contributed by atoms with E-state index in [9.17, 15) is 5.11 Å². The van der Waals surface area contributed by atoms with Crippen LogP contribution in [0.1, 0.15) is 18.9 Å². The summed E-state index contributed by atoms with van der Waals surface area (Å²) in [4.78, 5) is 0. The molecule has 0 aliphatic heterocycles. The molecule has 0 fully saturated rings. The van der Waals surface area contributed by atoms with Gasteiger partial charge in [-0.15, -0.1) is 6.58 Å². The lowest BCUT2D eigenvalue weighted by Gasteiger charge is -2.21. The van der Waals surface area contributed by atoms with Gasteiger partial charge in [-0.1, -0.05) is 18.2 Å². The molecule has 0 radical (unpaired) electrons. The molecule has 0 amide bonds. The summed E-state index contributed by atoms with van der Waals surface area (Å²) in [6, 6.07) is 6.54. The van der Waals surface area contributed by atoms with Gasteiger partial charge in [0.1, 0.15) is 5.75 Å². The van der Waals surface area contributed by atoms with Gasteiger partial charge in [-0.25, -0.2) is 0 Å². The van der Waals surface area contributed by atoms with E-state index in [0.29, 0.717) is 6.42 Å². The highest BCUT2D eigenvalue weighted by Crippen LogP contribution is 2.25. The third-order valence-corrected chi connectivity index (χ3v) is 2.03. The molecule has 0 aromatic heterocycles. The molecule has 2 nitrogen and oxygen atoms in total. The number of benzene rings is 1. The van der Waals surface area contributed by atoms with Gasteiger partial charge < -0.3 is 10.2 Å². The Labute approximate surface area is 78.2 Å². The van der Waals surface area contributed by atoms with Crippen LogP contribution in [0.25, 0.3) is 0 Å². The number of hydrogen-bond donors (Lipinski definition) is 2. The van der Waals surface area contributed by atoms with Gasteiger partial charge in [0.25, 0.3) is 0 Å². The van der Waals surface area contributed by atoms with Crippen molar-refractivity contribution < 1.29 is 10.2 Å². The molecular formula is C11H14O2. The fourth-order valence-electron chi connectivity index (χ4n) is 1.22. The maximum absolute atomic E-state index is 9.92. The standard InChI is InChI=1S/C11H14O2/c1-3-8-11(2,13)9-4-6-10(12)7-5-9/h3-7,12-13H,1,8H2,2H3/t11-/m0/s1. The molecule has 2 heteroatoms. The molecule has 0 saturated carbocycles. The van der Waals surface area contributed by atoms with E-state index in [1.807, 2.05) is 0 Å². The van der Waals surface area contributed by atoms with Gasteiger partial charge in [0, 0.05) is 0 Å². The van der Waals surface area contributed by atoms with E-state index >= 15 is 0 Å². The fourth-order valence-corrected chi connectivity index (χ4v) is 1.22. The molecule has 0 unspecified atom stereocenters. The molecule has 0 aliphatic rings. The van der Waals surface area contributed by atoms with Crippen LogP contribution < -0.4 is 0 Å². The normalized spacial score (nSPS) is 14.9. The summed E-state index contributed by atoms with van der Waals surface area (Å²) in [7, 11) is 0. The van der Waals surface area contributed by atoms with Crippen molar-refractivity contribution in [3.8, 4) is 5.75 Å². The van der Waals surface area contributed by atoms with E-state index in [-0.39, 0.29) is 5.75 Å². The van der Waals surface area contributed by atoms with Gasteiger partial charge in [-0.2, -0.15) is 0 Å². The van der Waals surface area contributed by atoms with Gasteiger partial charge in [-0.3, -0.25) is 0 Å². The minimum absolute atomic E-state index is 0.207. The second-order valence-corrected chi connectivity index (χ2v) is 3.31. The first-order chi connectivity index (χ1) is 6.06. The van der Waals surface area contributed by atoms with Crippen LogP contribution in [0.5, 0.6) is 5.75 Å². The summed E-state index contributed by atoms with van der Waals surface area (Å²) in [5.41, 5.74) is -0.111. The van der Waals surface area contributed by atoms with Crippen LogP contribution in [0.4, 0.5) is 0 Å². The minimum atomic E-state index is -0.893. The average molecular weight is 178 g/mol. The Balaban J connectivity index is 2.93. The van der Waals surface area contributed by atoms with Crippen molar-refractivity contribution in [1.82, 2.24) is 0 Å². The van der Waals surface area contributed by atoms with E-state index in [4.69, 9.17) is 5.11 Å². The van der Waals surface area contributed by atoms with Crippen LogP contribution in [0.3, 0.4) is 0 Å². The molecule has 0 aliphatic carbocycles. The average Bonchev–Trinajstić information content (AvgIpc) is 2.05. The molecule has 1 rings (SSSR count). The number of aromatic hydroxyl groups is 1. The van der Waals surface area contributed by atoms with Gasteiger partial charge in [0.15, 0.2) is 0 Å². The van der Waals surface area contributed by atoms with Crippen molar-refractivity contribution in [2.24, 2.45) is 0 Å². The van der Waals surface area contributed by atoms with Crippen LogP contribution in [-0.2, 0) is 5.60 Å². The molecule has 13 heavy (non-hydrogen) atoms. The van der Waals surface area contributed by atoms with Gasteiger partial charge >= 0.3 is 0 Å². The third kappa shape index (κ3) is 2.33. The van der Waals surface area contributed by atoms with E-state index in [1.54, 1.807) is 37.3 Å². The van der Waals surface area contributed by atoms with E-state index in [2.05, 4.69) is 6.58 Å². The van der Waals surface area contributed by atoms with Crippen LogP contribution in [0.15, 0.2) is 36.9 Å². The Morgan fingerprint density at radius 2 is 1.92 bits per heavy atom. The number of hydrogen-bond acceptors (Lipinski definition) is 2. The second-order valence-electron chi connectivity index (χ2n) is 3.31. The summed E-state index contributed by atoms with van der Waals surface area (Å²) >= 11 is 0. The van der Waals surface area contributed by atoms with Crippen molar-refractivity contribution in [2.75, 3.05) is 0 Å². The predicted molar refractivity (Wildman–Crippen MR) is 52.5 cm³/mol. The molecule has 70 valence electrons.